The highest BCUT2D eigenvalue weighted by atomic mass is 79.9. The van der Waals surface area contributed by atoms with Crippen LogP contribution in [0, 0.1) is 6.92 Å². The lowest BCUT2D eigenvalue weighted by atomic mass is 10.1. The molecule has 0 heterocycles. The van der Waals surface area contributed by atoms with E-state index >= 15 is 0 Å². The number of ether oxygens (including phenoxy) is 1. The van der Waals surface area contributed by atoms with Crippen molar-refractivity contribution in [1.82, 2.24) is 0 Å². The van der Waals surface area contributed by atoms with Gasteiger partial charge in [0.2, 0.25) is 0 Å². The Morgan fingerprint density at radius 2 is 1.85 bits per heavy atom. The van der Waals surface area contributed by atoms with Gasteiger partial charge in [0.05, 0.1) is 4.47 Å². The molecule has 2 aromatic carbocycles. The summed E-state index contributed by atoms with van der Waals surface area (Å²) in [4.78, 5) is 0. The van der Waals surface area contributed by atoms with Crippen LogP contribution < -0.4 is 10.5 Å². The number of rotatable bonds is 4. The van der Waals surface area contributed by atoms with Crippen LogP contribution in [-0.4, -0.2) is 6.04 Å². The molecule has 2 aromatic rings. The van der Waals surface area contributed by atoms with Crippen LogP contribution in [-0.2, 0) is 6.42 Å². The molecule has 0 saturated carbocycles. The summed E-state index contributed by atoms with van der Waals surface area (Å²) in [5, 5.41) is 0. The van der Waals surface area contributed by atoms with Gasteiger partial charge in [-0.15, -0.1) is 0 Å². The third-order valence-corrected chi connectivity index (χ3v) is 4.24. The summed E-state index contributed by atoms with van der Waals surface area (Å²) < 4.78 is 7.87. The topological polar surface area (TPSA) is 35.2 Å². The number of halogens is 2. The Labute approximate surface area is 136 Å². The Hall–Kier alpha value is -0.840. The van der Waals surface area contributed by atoms with Crippen LogP contribution >= 0.6 is 31.9 Å². The van der Waals surface area contributed by atoms with E-state index in [1.165, 1.54) is 11.1 Å². The summed E-state index contributed by atoms with van der Waals surface area (Å²) in [5.41, 5.74) is 8.21. The average Bonchev–Trinajstić information content (AvgIpc) is 2.36. The molecule has 0 fully saturated rings. The Balaban J connectivity index is 2.20. The average molecular weight is 399 g/mol. The van der Waals surface area contributed by atoms with E-state index in [4.69, 9.17) is 10.5 Å². The van der Waals surface area contributed by atoms with Crippen molar-refractivity contribution in [3.05, 3.63) is 56.5 Å². The lowest BCUT2D eigenvalue weighted by molar-refractivity contribution is 0.479. The molecule has 1 atom stereocenters. The first kappa shape index (κ1) is 15.5. The molecule has 0 aliphatic carbocycles. The highest BCUT2D eigenvalue weighted by Crippen LogP contribution is 2.32. The van der Waals surface area contributed by atoms with Gasteiger partial charge >= 0.3 is 0 Å². The minimum absolute atomic E-state index is 0.143. The molecule has 20 heavy (non-hydrogen) atoms. The van der Waals surface area contributed by atoms with Crippen LogP contribution in [0.15, 0.2) is 45.3 Å². The van der Waals surface area contributed by atoms with Gasteiger partial charge in [-0.1, -0.05) is 28.1 Å². The second-order valence-corrected chi connectivity index (χ2v) is 6.68. The molecule has 0 bridgehead atoms. The van der Waals surface area contributed by atoms with Crippen molar-refractivity contribution in [2.24, 2.45) is 5.73 Å². The summed E-state index contributed by atoms with van der Waals surface area (Å²) >= 11 is 7.09. The molecule has 2 N–H and O–H groups in total. The first-order valence-electron chi connectivity index (χ1n) is 6.43. The maximum atomic E-state index is 5.90. The molecule has 0 spiro atoms. The van der Waals surface area contributed by atoms with Crippen molar-refractivity contribution in [1.29, 1.82) is 0 Å². The van der Waals surface area contributed by atoms with E-state index in [1.54, 1.807) is 0 Å². The van der Waals surface area contributed by atoms with E-state index in [1.807, 2.05) is 50.2 Å². The van der Waals surface area contributed by atoms with E-state index in [2.05, 4.69) is 31.9 Å². The summed E-state index contributed by atoms with van der Waals surface area (Å²) in [5.74, 6) is 1.61. The second-order valence-electron chi connectivity index (χ2n) is 4.97. The Kier molecular flexibility index (Phi) is 5.24. The van der Waals surface area contributed by atoms with Crippen molar-refractivity contribution in [2.75, 3.05) is 0 Å². The molecular weight excluding hydrogens is 382 g/mol. The quantitative estimate of drug-likeness (QED) is 0.767. The number of aryl methyl sites for hydroxylation is 1. The molecule has 0 radical (unpaired) electrons. The zero-order valence-electron chi connectivity index (χ0n) is 11.5. The highest BCUT2D eigenvalue weighted by Gasteiger charge is 2.07. The van der Waals surface area contributed by atoms with Gasteiger partial charge in [-0.25, -0.2) is 0 Å². The zero-order chi connectivity index (χ0) is 14.7. The van der Waals surface area contributed by atoms with Crippen LogP contribution in [0.4, 0.5) is 0 Å². The van der Waals surface area contributed by atoms with Gasteiger partial charge in [0.25, 0.3) is 0 Å². The van der Waals surface area contributed by atoms with E-state index in [0.717, 1.165) is 26.9 Å². The van der Waals surface area contributed by atoms with Crippen molar-refractivity contribution in [2.45, 2.75) is 26.3 Å². The van der Waals surface area contributed by atoms with E-state index in [-0.39, 0.29) is 6.04 Å². The SMILES string of the molecule is Cc1ccc(Oc2ccc(CC(C)N)c(Br)c2)c(Br)c1. The smallest absolute Gasteiger partial charge is 0.141 e. The largest absolute Gasteiger partial charge is 0.456 e. The van der Waals surface area contributed by atoms with Gasteiger partial charge < -0.3 is 10.5 Å². The summed E-state index contributed by atoms with van der Waals surface area (Å²) in [6.45, 7) is 4.05. The summed E-state index contributed by atoms with van der Waals surface area (Å²) in [6, 6.07) is 12.2. The van der Waals surface area contributed by atoms with Crippen LogP contribution in [0.1, 0.15) is 18.1 Å². The van der Waals surface area contributed by atoms with Gasteiger partial charge in [-0.05, 0) is 71.6 Å². The van der Waals surface area contributed by atoms with Gasteiger partial charge in [0.1, 0.15) is 11.5 Å². The molecule has 0 aliphatic rings. The first-order valence-corrected chi connectivity index (χ1v) is 8.02. The summed E-state index contributed by atoms with van der Waals surface area (Å²) in [7, 11) is 0. The van der Waals surface area contributed by atoms with Crippen molar-refractivity contribution < 1.29 is 4.74 Å². The lowest BCUT2D eigenvalue weighted by Gasteiger charge is -2.12. The van der Waals surface area contributed by atoms with Gasteiger partial charge in [-0.2, -0.15) is 0 Å². The molecular formula is C16H17Br2NO. The predicted octanol–water partition coefficient (Wildman–Crippen LogP) is 5.20. The fourth-order valence-corrected chi connectivity index (χ4v) is 3.01. The minimum Gasteiger partial charge on any atom is -0.456 e. The fraction of sp³-hybridized carbons (Fsp3) is 0.250. The number of hydrogen-bond acceptors (Lipinski definition) is 2. The molecule has 2 rings (SSSR count). The van der Waals surface area contributed by atoms with E-state index in [9.17, 15) is 0 Å². The van der Waals surface area contributed by atoms with E-state index < -0.39 is 0 Å². The third kappa shape index (κ3) is 4.08. The van der Waals surface area contributed by atoms with Crippen molar-refractivity contribution in [3.8, 4) is 11.5 Å². The fourth-order valence-electron chi connectivity index (χ4n) is 1.92. The molecule has 106 valence electrons. The molecule has 0 amide bonds. The maximum absolute atomic E-state index is 5.90. The van der Waals surface area contributed by atoms with Crippen LogP contribution in [0.5, 0.6) is 11.5 Å². The normalized spacial score (nSPS) is 12.2. The van der Waals surface area contributed by atoms with Gasteiger partial charge in [0.15, 0.2) is 0 Å². The van der Waals surface area contributed by atoms with Crippen LogP contribution in [0.25, 0.3) is 0 Å². The first-order chi connectivity index (χ1) is 9.45. The Morgan fingerprint density at radius 1 is 1.10 bits per heavy atom. The standard InChI is InChI=1S/C16H17Br2NO/c1-10-3-6-16(15(18)7-10)20-13-5-4-12(8-11(2)19)14(17)9-13/h3-7,9,11H,8,19H2,1-2H3. The molecule has 4 heteroatoms. The van der Waals surface area contributed by atoms with E-state index in [0.29, 0.717) is 0 Å². The van der Waals surface area contributed by atoms with Crippen LogP contribution in [0.3, 0.4) is 0 Å². The maximum Gasteiger partial charge on any atom is 0.141 e. The highest BCUT2D eigenvalue weighted by molar-refractivity contribution is 9.10. The monoisotopic (exact) mass is 397 g/mol. The molecule has 0 aliphatic heterocycles. The summed E-state index contributed by atoms with van der Waals surface area (Å²) in [6.07, 6.45) is 0.842. The molecule has 1 unspecified atom stereocenters. The Bertz CT molecular complexity index is 611. The zero-order valence-corrected chi connectivity index (χ0v) is 14.7. The number of nitrogens with two attached hydrogens (primary N) is 1. The molecule has 0 aromatic heterocycles. The minimum atomic E-state index is 0.143. The third-order valence-electron chi connectivity index (χ3n) is 2.88. The van der Waals surface area contributed by atoms with Crippen molar-refractivity contribution >= 4 is 31.9 Å². The molecule has 0 saturated heterocycles. The molecule has 2 nitrogen and oxygen atoms in total. The van der Waals surface area contributed by atoms with Gasteiger partial charge in [0, 0.05) is 10.5 Å². The number of hydrogen-bond donors (Lipinski definition) is 1. The lowest BCUT2D eigenvalue weighted by Crippen LogP contribution is -2.17. The Morgan fingerprint density at radius 3 is 2.45 bits per heavy atom. The van der Waals surface area contributed by atoms with Crippen LogP contribution in [0.2, 0.25) is 0 Å². The number of benzene rings is 2. The van der Waals surface area contributed by atoms with Crippen molar-refractivity contribution in [3.63, 3.8) is 0 Å². The van der Waals surface area contributed by atoms with Gasteiger partial charge in [-0.3, -0.25) is 0 Å². The second kappa shape index (κ2) is 6.74. The predicted molar refractivity (Wildman–Crippen MR) is 90.4 cm³/mol.